The minimum atomic E-state index is -0.204. The van der Waals surface area contributed by atoms with Crippen LogP contribution >= 0.6 is 0 Å². The van der Waals surface area contributed by atoms with Crippen molar-refractivity contribution < 1.29 is 9.21 Å². The van der Waals surface area contributed by atoms with E-state index in [1.54, 1.807) is 13.0 Å². The SMILES string of the molecule is Cc1cc(C#CCN)cc(NC(=O)c2coc(C)c2)c1. The van der Waals surface area contributed by atoms with Crippen molar-refractivity contribution in [3.05, 3.63) is 53.0 Å². The van der Waals surface area contributed by atoms with Gasteiger partial charge in [0.15, 0.2) is 0 Å². The van der Waals surface area contributed by atoms with E-state index in [4.69, 9.17) is 10.2 Å². The van der Waals surface area contributed by atoms with Gasteiger partial charge in [-0.3, -0.25) is 4.79 Å². The Bertz CT molecular complexity index is 690. The van der Waals surface area contributed by atoms with Gasteiger partial charge in [-0.15, -0.1) is 0 Å². The summed E-state index contributed by atoms with van der Waals surface area (Å²) in [7, 11) is 0. The average molecular weight is 268 g/mol. The smallest absolute Gasteiger partial charge is 0.258 e. The third-order valence-corrected chi connectivity index (χ3v) is 2.66. The first kappa shape index (κ1) is 13.9. The van der Waals surface area contributed by atoms with Crippen LogP contribution in [0, 0.1) is 25.7 Å². The first-order valence-electron chi connectivity index (χ1n) is 6.25. The molecule has 0 bridgehead atoms. The Morgan fingerprint density at radius 3 is 2.75 bits per heavy atom. The largest absolute Gasteiger partial charge is 0.469 e. The third-order valence-electron chi connectivity index (χ3n) is 2.66. The predicted molar refractivity (Wildman–Crippen MR) is 78.5 cm³/mol. The Balaban J connectivity index is 2.20. The number of amides is 1. The molecule has 102 valence electrons. The normalized spacial score (nSPS) is 9.75. The van der Waals surface area contributed by atoms with Crippen molar-refractivity contribution in [1.82, 2.24) is 0 Å². The van der Waals surface area contributed by atoms with Crippen LogP contribution in [-0.2, 0) is 0 Å². The standard InChI is InChI=1S/C16H16N2O2/c1-11-6-13(4-3-5-17)9-15(7-11)18-16(19)14-8-12(2)20-10-14/h6-10H,5,17H2,1-2H3,(H,18,19). The summed E-state index contributed by atoms with van der Waals surface area (Å²) in [6.45, 7) is 4.05. The van der Waals surface area contributed by atoms with Crippen LogP contribution in [0.2, 0.25) is 0 Å². The summed E-state index contributed by atoms with van der Waals surface area (Å²) in [5, 5.41) is 2.83. The van der Waals surface area contributed by atoms with Crippen molar-refractivity contribution in [2.24, 2.45) is 5.73 Å². The highest BCUT2D eigenvalue weighted by Gasteiger charge is 2.09. The second-order valence-corrected chi connectivity index (χ2v) is 4.49. The zero-order chi connectivity index (χ0) is 14.5. The van der Waals surface area contributed by atoms with Crippen LogP contribution in [0.3, 0.4) is 0 Å². The maximum atomic E-state index is 12.0. The molecule has 0 saturated carbocycles. The zero-order valence-electron chi connectivity index (χ0n) is 11.5. The average Bonchev–Trinajstić information content (AvgIpc) is 2.82. The lowest BCUT2D eigenvalue weighted by Gasteiger charge is -2.05. The number of hydrogen-bond acceptors (Lipinski definition) is 3. The summed E-state index contributed by atoms with van der Waals surface area (Å²) in [5.41, 5.74) is 8.41. The Morgan fingerprint density at radius 2 is 2.10 bits per heavy atom. The van der Waals surface area contributed by atoms with Gasteiger partial charge in [-0.05, 0) is 43.7 Å². The lowest BCUT2D eigenvalue weighted by atomic mass is 10.1. The van der Waals surface area contributed by atoms with E-state index in [-0.39, 0.29) is 5.91 Å². The van der Waals surface area contributed by atoms with Crippen LogP contribution in [0.15, 0.2) is 34.9 Å². The van der Waals surface area contributed by atoms with Gasteiger partial charge < -0.3 is 15.5 Å². The highest BCUT2D eigenvalue weighted by molar-refractivity contribution is 6.04. The Labute approximate surface area is 118 Å². The molecule has 4 heteroatoms. The maximum absolute atomic E-state index is 12.0. The van der Waals surface area contributed by atoms with Crippen LogP contribution in [0.4, 0.5) is 5.69 Å². The first-order valence-corrected chi connectivity index (χ1v) is 6.25. The van der Waals surface area contributed by atoms with Gasteiger partial charge in [-0.2, -0.15) is 0 Å². The zero-order valence-corrected chi connectivity index (χ0v) is 11.5. The summed E-state index contributed by atoms with van der Waals surface area (Å²) in [6.07, 6.45) is 1.44. The molecule has 2 rings (SSSR count). The number of aryl methyl sites for hydroxylation is 2. The molecule has 1 heterocycles. The predicted octanol–water partition coefficient (Wildman–Crippen LogP) is 2.46. The molecule has 1 amide bonds. The molecule has 0 spiro atoms. The summed E-state index contributed by atoms with van der Waals surface area (Å²) < 4.78 is 5.13. The number of carbonyl (C=O) groups is 1. The lowest BCUT2D eigenvalue weighted by molar-refractivity contribution is 0.102. The topological polar surface area (TPSA) is 68.3 Å². The van der Waals surface area contributed by atoms with Crippen molar-refractivity contribution >= 4 is 11.6 Å². The Kier molecular flexibility index (Phi) is 4.24. The molecule has 0 radical (unpaired) electrons. The van der Waals surface area contributed by atoms with Gasteiger partial charge in [0, 0.05) is 11.3 Å². The minimum absolute atomic E-state index is 0.204. The van der Waals surface area contributed by atoms with Crippen LogP contribution in [0.1, 0.15) is 27.2 Å². The van der Waals surface area contributed by atoms with E-state index in [1.807, 2.05) is 25.1 Å². The number of rotatable bonds is 2. The monoisotopic (exact) mass is 268 g/mol. The highest BCUT2D eigenvalue weighted by atomic mass is 16.3. The van der Waals surface area contributed by atoms with Gasteiger partial charge in [0.25, 0.3) is 5.91 Å². The molecule has 0 saturated heterocycles. The minimum Gasteiger partial charge on any atom is -0.469 e. The first-order chi connectivity index (χ1) is 9.58. The second kappa shape index (κ2) is 6.09. The van der Waals surface area contributed by atoms with Crippen LogP contribution < -0.4 is 11.1 Å². The van der Waals surface area contributed by atoms with Crippen molar-refractivity contribution in [2.45, 2.75) is 13.8 Å². The maximum Gasteiger partial charge on any atom is 0.258 e. The number of nitrogens with one attached hydrogen (secondary N) is 1. The van der Waals surface area contributed by atoms with E-state index in [0.29, 0.717) is 23.6 Å². The third kappa shape index (κ3) is 3.50. The van der Waals surface area contributed by atoms with Crippen molar-refractivity contribution in [1.29, 1.82) is 0 Å². The molecule has 1 aromatic heterocycles. The molecule has 4 nitrogen and oxygen atoms in total. The molecule has 0 atom stereocenters. The van der Waals surface area contributed by atoms with Gasteiger partial charge >= 0.3 is 0 Å². The molecule has 0 aliphatic heterocycles. The molecule has 0 fully saturated rings. The van der Waals surface area contributed by atoms with Crippen molar-refractivity contribution in [3.8, 4) is 11.8 Å². The fraction of sp³-hybridized carbons (Fsp3) is 0.188. The van der Waals surface area contributed by atoms with Crippen molar-refractivity contribution in [2.75, 3.05) is 11.9 Å². The van der Waals surface area contributed by atoms with Gasteiger partial charge in [0.2, 0.25) is 0 Å². The van der Waals surface area contributed by atoms with Gasteiger partial charge in [0.05, 0.1) is 12.1 Å². The number of hydrogen-bond donors (Lipinski definition) is 2. The Hall–Kier alpha value is -2.51. The van der Waals surface area contributed by atoms with E-state index in [1.165, 1.54) is 6.26 Å². The van der Waals surface area contributed by atoms with Crippen molar-refractivity contribution in [3.63, 3.8) is 0 Å². The quantitative estimate of drug-likeness (QED) is 0.822. The fourth-order valence-corrected chi connectivity index (χ4v) is 1.85. The molecular weight excluding hydrogens is 252 g/mol. The van der Waals surface area contributed by atoms with E-state index in [0.717, 1.165) is 11.1 Å². The molecular formula is C16H16N2O2. The molecule has 1 aromatic carbocycles. The second-order valence-electron chi connectivity index (χ2n) is 4.49. The van der Waals surface area contributed by atoms with Crippen LogP contribution in [0.5, 0.6) is 0 Å². The number of carbonyl (C=O) groups excluding carboxylic acids is 1. The van der Waals surface area contributed by atoms with Gasteiger partial charge in [0.1, 0.15) is 12.0 Å². The molecule has 2 aromatic rings. The van der Waals surface area contributed by atoms with Gasteiger partial charge in [-0.25, -0.2) is 0 Å². The molecule has 0 unspecified atom stereocenters. The highest BCUT2D eigenvalue weighted by Crippen LogP contribution is 2.16. The molecule has 0 aliphatic rings. The van der Waals surface area contributed by atoms with E-state index in [9.17, 15) is 4.79 Å². The molecule has 20 heavy (non-hydrogen) atoms. The van der Waals surface area contributed by atoms with Crippen LogP contribution in [-0.4, -0.2) is 12.5 Å². The van der Waals surface area contributed by atoms with E-state index >= 15 is 0 Å². The van der Waals surface area contributed by atoms with Gasteiger partial charge in [-0.1, -0.05) is 11.8 Å². The number of nitrogens with two attached hydrogens (primary N) is 1. The van der Waals surface area contributed by atoms with E-state index in [2.05, 4.69) is 17.2 Å². The fourth-order valence-electron chi connectivity index (χ4n) is 1.85. The summed E-state index contributed by atoms with van der Waals surface area (Å²) in [6, 6.07) is 7.35. The number of furan rings is 1. The summed E-state index contributed by atoms with van der Waals surface area (Å²) in [4.78, 5) is 12.0. The molecule has 3 N–H and O–H groups in total. The van der Waals surface area contributed by atoms with Crippen LogP contribution in [0.25, 0.3) is 0 Å². The number of benzene rings is 1. The number of anilines is 1. The summed E-state index contributed by atoms with van der Waals surface area (Å²) in [5.74, 6) is 6.25. The molecule has 0 aliphatic carbocycles. The summed E-state index contributed by atoms with van der Waals surface area (Å²) >= 11 is 0. The Morgan fingerprint density at radius 1 is 1.30 bits per heavy atom. The lowest BCUT2D eigenvalue weighted by Crippen LogP contribution is -2.11. The van der Waals surface area contributed by atoms with E-state index < -0.39 is 0 Å².